The Labute approximate surface area is 99.0 Å². The zero-order valence-corrected chi connectivity index (χ0v) is 9.59. The van der Waals surface area contributed by atoms with Crippen molar-refractivity contribution in [1.82, 2.24) is 20.3 Å². The average Bonchev–Trinajstić information content (AvgIpc) is 2.72. The third-order valence-corrected chi connectivity index (χ3v) is 3.12. The van der Waals surface area contributed by atoms with Gasteiger partial charge in [-0.2, -0.15) is 0 Å². The van der Waals surface area contributed by atoms with Crippen molar-refractivity contribution >= 4 is 5.91 Å². The second kappa shape index (κ2) is 4.80. The molecule has 1 aliphatic carbocycles. The third kappa shape index (κ3) is 2.45. The SMILES string of the molecule is NCCn1cc(C(=O)NC2(CO)CCC2)nn1. The van der Waals surface area contributed by atoms with Crippen molar-refractivity contribution in [3.63, 3.8) is 0 Å². The van der Waals surface area contributed by atoms with E-state index in [4.69, 9.17) is 5.73 Å². The van der Waals surface area contributed by atoms with Crippen molar-refractivity contribution in [3.8, 4) is 0 Å². The molecule has 0 aliphatic heterocycles. The molecular formula is C10H17N5O2. The fraction of sp³-hybridized carbons (Fsp3) is 0.700. The van der Waals surface area contributed by atoms with E-state index in [1.54, 1.807) is 6.20 Å². The van der Waals surface area contributed by atoms with Gasteiger partial charge in [-0.3, -0.25) is 9.48 Å². The van der Waals surface area contributed by atoms with Crippen LogP contribution in [0.15, 0.2) is 6.20 Å². The van der Waals surface area contributed by atoms with Crippen molar-refractivity contribution in [2.45, 2.75) is 31.3 Å². The molecule has 1 aromatic rings. The lowest BCUT2D eigenvalue weighted by Gasteiger charge is -2.40. The van der Waals surface area contributed by atoms with Crippen molar-refractivity contribution in [1.29, 1.82) is 0 Å². The molecule has 1 amide bonds. The summed E-state index contributed by atoms with van der Waals surface area (Å²) in [6, 6.07) is 0. The second-order valence-corrected chi connectivity index (χ2v) is 4.40. The van der Waals surface area contributed by atoms with Gasteiger partial charge in [0.05, 0.1) is 24.9 Å². The van der Waals surface area contributed by atoms with E-state index >= 15 is 0 Å². The maximum absolute atomic E-state index is 11.9. The molecule has 1 saturated carbocycles. The van der Waals surface area contributed by atoms with Gasteiger partial charge in [-0.25, -0.2) is 0 Å². The van der Waals surface area contributed by atoms with Gasteiger partial charge in [0.1, 0.15) is 0 Å². The van der Waals surface area contributed by atoms with Gasteiger partial charge in [0.2, 0.25) is 0 Å². The number of nitrogens with one attached hydrogen (secondary N) is 1. The Balaban J connectivity index is 1.99. The number of carbonyl (C=O) groups is 1. The van der Waals surface area contributed by atoms with Crippen molar-refractivity contribution in [3.05, 3.63) is 11.9 Å². The quantitative estimate of drug-likeness (QED) is 0.603. The normalized spacial score (nSPS) is 17.5. The molecule has 0 aromatic carbocycles. The molecule has 7 nitrogen and oxygen atoms in total. The molecule has 7 heteroatoms. The summed E-state index contributed by atoms with van der Waals surface area (Å²) < 4.78 is 1.53. The summed E-state index contributed by atoms with van der Waals surface area (Å²) in [5.41, 5.74) is 5.19. The van der Waals surface area contributed by atoms with Gasteiger partial charge in [-0.15, -0.1) is 5.10 Å². The topological polar surface area (TPSA) is 106 Å². The maximum atomic E-state index is 11.9. The first-order chi connectivity index (χ1) is 8.19. The highest BCUT2D eigenvalue weighted by Gasteiger charge is 2.38. The summed E-state index contributed by atoms with van der Waals surface area (Å²) in [5.74, 6) is -0.290. The molecule has 2 rings (SSSR count). The summed E-state index contributed by atoms with van der Waals surface area (Å²) in [6.45, 7) is 0.950. The van der Waals surface area contributed by atoms with E-state index in [2.05, 4.69) is 15.6 Å². The number of carbonyl (C=O) groups excluding carboxylic acids is 1. The van der Waals surface area contributed by atoms with Crippen LogP contribution in [0.1, 0.15) is 29.8 Å². The molecule has 0 bridgehead atoms. The van der Waals surface area contributed by atoms with Gasteiger partial charge in [0.25, 0.3) is 5.91 Å². The highest BCUT2D eigenvalue weighted by Crippen LogP contribution is 2.31. The Morgan fingerprint density at radius 2 is 2.41 bits per heavy atom. The van der Waals surface area contributed by atoms with Gasteiger partial charge in [0.15, 0.2) is 5.69 Å². The van der Waals surface area contributed by atoms with Crippen LogP contribution in [-0.4, -0.2) is 44.7 Å². The van der Waals surface area contributed by atoms with Crippen LogP contribution < -0.4 is 11.1 Å². The molecule has 1 heterocycles. The number of amides is 1. The standard InChI is InChI=1S/C10H17N5O2/c11-4-5-15-6-8(13-14-15)9(17)12-10(7-16)2-1-3-10/h6,16H,1-5,7,11H2,(H,12,17). The van der Waals surface area contributed by atoms with Crippen molar-refractivity contribution in [2.24, 2.45) is 5.73 Å². The summed E-state index contributed by atoms with van der Waals surface area (Å²) in [7, 11) is 0. The summed E-state index contributed by atoms with van der Waals surface area (Å²) in [4.78, 5) is 11.9. The minimum atomic E-state index is -0.450. The van der Waals surface area contributed by atoms with Crippen molar-refractivity contribution < 1.29 is 9.90 Å². The molecule has 1 aliphatic rings. The number of nitrogens with zero attached hydrogens (tertiary/aromatic N) is 3. The first kappa shape index (κ1) is 12.0. The lowest BCUT2D eigenvalue weighted by molar-refractivity contribution is 0.0637. The van der Waals surface area contributed by atoms with Crippen LogP contribution in [0.5, 0.6) is 0 Å². The Morgan fingerprint density at radius 3 is 2.94 bits per heavy atom. The van der Waals surface area contributed by atoms with E-state index in [0.29, 0.717) is 13.1 Å². The Morgan fingerprint density at radius 1 is 1.65 bits per heavy atom. The Kier molecular flexibility index (Phi) is 3.39. The molecule has 0 unspecified atom stereocenters. The van der Waals surface area contributed by atoms with Gasteiger partial charge < -0.3 is 16.2 Å². The van der Waals surface area contributed by atoms with E-state index in [9.17, 15) is 9.90 Å². The van der Waals surface area contributed by atoms with Crippen LogP contribution in [-0.2, 0) is 6.54 Å². The average molecular weight is 239 g/mol. The number of nitrogens with two attached hydrogens (primary N) is 1. The molecule has 1 aromatic heterocycles. The van der Waals surface area contributed by atoms with E-state index in [1.165, 1.54) is 4.68 Å². The fourth-order valence-corrected chi connectivity index (χ4v) is 1.88. The van der Waals surface area contributed by atoms with Crippen LogP contribution in [0.3, 0.4) is 0 Å². The molecule has 1 fully saturated rings. The largest absolute Gasteiger partial charge is 0.394 e. The van der Waals surface area contributed by atoms with E-state index < -0.39 is 5.54 Å². The predicted octanol–water partition coefficient (Wildman–Crippen LogP) is -1.12. The van der Waals surface area contributed by atoms with Crippen LogP contribution in [0, 0.1) is 0 Å². The minimum Gasteiger partial charge on any atom is -0.394 e. The molecule has 4 N–H and O–H groups in total. The number of aromatic nitrogens is 3. The third-order valence-electron chi connectivity index (χ3n) is 3.12. The van der Waals surface area contributed by atoms with Gasteiger partial charge in [0, 0.05) is 6.54 Å². The molecule has 17 heavy (non-hydrogen) atoms. The van der Waals surface area contributed by atoms with Gasteiger partial charge in [-0.1, -0.05) is 5.21 Å². The Bertz CT molecular complexity index is 394. The molecular weight excluding hydrogens is 222 g/mol. The highest BCUT2D eigenvalue weighted by molar-refractivity contribution is 5.92. The maximum Gasteiger partial charge on any atom is 0.273 e. The molecule has 0 radical (unpaired) electrons. The second-order valence-electron chi connectivity index (χ2n) is 4.40. The smallest absolute Gasteiger partial charge is 0.273 e. The van der Waals surface area contributed by atoms with Crippen LogP contribution in [0.4, 0.5) is 0 Å². The highest BCUT2D eigenvalue weighted by atomic mass is 16.3. The van der Waals surface area contributed by atoms with Crippen LogP contribution in [0.25, 0.3) is 0 Å². The first-order valence-corrected chi connectivity index (χ1v) is 5.73. The summed E-state index contributed by atoms with van der Waals surface area (Å²) >= 11 is 0. The van der Waals surface area contributed by atoms with Gasteiger partial charge in [-0.05, 0) is 19.3 Å². The predicted molar refractivity (Wildman–Crippen MR) is 60.2 cm³/mol. The molecule has 0 spiro atoms. The molecule has 94 valence electrons. The molecule has 0 saturated heterocycles. The fourth-order valence-electron chi connectivity index (χ4n) is 1.88. The lowest BCUT2D eigenvalue weighted by atomic mass is 9.77. The van der Waals surface area contributed by atoms with Crippen LogP contribution in [0.2, 0.25) is 0 Å². The Hall–Kier alpha value is -1.47. The number of hydrogen-bond donors (Lipinski definition) is 3. The van der Waals surface area contributed by atoms with E-state index in [-0.39, 0.29) is 18.2 Å². The van der Waals surface area contributed by atoms with Crippen LogP contribution >= 0.6 is 0 Å². The zero-order valence-electron chi connectivity index (χ0n) is 9.59. The zero-order chi connectivity index (χ0) is 12.3. The van der Waals surface area contributed by atoms with E-state index in [0.717, 1.165) is 19.3 Å². The minimum absolute atomic E-state index is 0.0321. The first-order valence-electron chi connectivity index (χ1n) is 5.73. The van der Waals surface area contributed by atoms with E-state index in [1.807, 2.05) is 0 Å². The van der Waals surface area contributed by atoms with Crippen molar-refractivity contribution in [2.75, 3.05) is 13.2 Å². The summed E-state index contributed by atoms with van der Waals surface area (Å²) in [6.07, 6.45) is 4.21. The molecule has 0 atom stereocenters. The summed E-state index contributed by atoms with van der Waals surface area (Å²) in [5, 5.41) is 19.6. The number of aliphatic hydroxyl groups is 1. The monoisotopic (exact) mass is 239 g/mol. The van der Waals surface area contributed by atoms with Gasteiger partial charge >= 0.3 is 0 Å². The number of rotatable bonds is 5. The number of hydrogen-bond acceptors (Lipinski definition) is 5. The number of aliphatic hydroxyl groups excluding tert-OH is 1. The lowest BCUT2D eigenvalue weighted by Crippen LogP contribution is -2.56.